The predicted molar refractivity (Wildman–Crippen MR) is 54.4 cm³/mol. The molecule has 0 aromatic heterocycles. The minimum absolute atomic E-state index is 0.292. The number of alkyl halides is 1. The van der Waals surface area contributed by atoms with Crippen molar-refractivity contribution in [2.24, 2.45) is 0 Å². The molecule has 0 bridgehead atoms. The van der Waals surface area contributed by atoms with Gasteiger partial charge in [0.1, 0.15) is 11.1 Å². The first-order valence-corrected chi connectivity index (χ1v) is 5.49. The highest BCUT2D eigenvalue weighted by molar-refractivity contribution is 9.09. The molecule has 3 atom stereocenters. The third-order valence-corrected chi connectivity index (χ3v) is 2.62. The van der Waals surface area contributed by atoms with Crippen molar-refractivity contribution in [2.75, 3.05) is 7.11 Å². The lowest BCUT2D eigenvalue weighted by Crippen LogP contribution is -2.40. The molecule has 1 heterocycles. The van der Waals surface area contributed by atoms with Crippen molar-refractivity contribution in [3.8, 4) is 0 Å². The van der Waals surface area contributed by atoms with Crippen LogP contribution in [0.15, 0.2) is 0 Å². The van der Waals surface area contributed by atoms with Gasteiger partial charge >= 0.3 is 11.9 Å². The van der Waals surface area contributed by atoms with Gasteiger partial charge in [0.15, 0.2) is 6.10 Å². The maximum Gasteiger partial charge on any atom is 0.335 e. The quantitative estimate of drug-likeness (QED) is 0.558. The highest BCUT2D eigenvalue weighted by atomic mass is 79.9. The van der Waals surface area contributed by atoms with Crippen LogP contribution in [0.3, 0.4) is 0 Å². The normalized spacial score (nSPS) is 30.7. The Bertz CT molecular complexity index is 255. The van der Waals surface area contributed by atoms with Crippen molar-refractivity contribution >= 4 is 27.9 Å². The molecule has 0 aromatic carbocycles. The van der Waals surface area contributed by atoms with Crippen molar-refractivity contribution in [1.82, 2.24) is 0 Å². The van der Waals surface area contributed by atoms with Crippen LogP contribution in [0, 0.1) is 0 Å². The molecule has 0 saturated carbocycles. The number of ether oxygens (including phenoxy) is 3. The molecule has 6 heteroatoms. The van der Waals surface area contributed by atoms with E-state index in [1.165, 1.54) is 14.0 Å². The Kier molecular flexibility index (Phi) is 4.53. The van der Waals surface area contributed by atoms with Crippen molar-refractivity contribution in [3.63, 3.8) is 0 Å². The number of carbonyl (C=O) groups is 2. The van der Waals surface area contributed by atoms with Gasteiger partial charge in [0.05, 0.1) is 7.11 Å². The lowest BCUT2D eigenvalue weighted by Gasteiger charge is -2.30. The van der Waals surface area contributed by atoms with Gasteiger partial charge in [0, 0.05) is 19.8 Å². The summed E-state index contributed by atoms with van der Waals surface area (Å²) < 4.78 is 14.9. The predicted octanol–water partition coefficient (Wildman–Crippen LogP) is 0.991. The van der Waals surface area contributed by atoms with Gasteiger partial charge in [-0.2, -0.15) is 0 Å². The summed E-state index contributed by atoms with van der Waals surface area (Å²) in [6, 6.07) is 0. The number of hydrogen-bond donors (Lipinski definition) is 0. The average molecular weight is 281 g/mol. The molecule has 0 amide bonds. The van der Waals surface area contributed by atoms with Gasteiger partial charge in [-0.15, -0.1) is 0 Å². The van der Waals surface area contributed by atoms with Crippen LogP contribution < -0.4 is 0 Å². The van der Waals surface area contributed by atoms with E-state index in [-0.39, 0.29) is 17.1 Å². The fraction of sp³-hybridized carbons (Fsp3) is 0.778. The molecule has 5 nitrogen and oxygen atoms in total. The van der Waals surface area contributed by atoms with Crippen LogP contribution in [0.2, 0.25) is 0 Å². The molecule has 1 saturated heterocycles. The van der Waals surface area contributed by atoms with E-state index in [0.717, 1.165) is 0 Å². The molecule has 2 unspecified atom stereocenters. The molecule has 0 aliphatic carbocycles. The van der Waals surface area contributed by atoms with Crippen LogP contribution in [0.1, 0.15) is 19.8 Å². The number of hydrogen-bond acceptors (Lipinski definition) is 5. The van der Waals surface area contributed by atoms with E-state index in [4.69, 9.17) is 9.47 Å². The fourth-order valence-electron chi connectivity index (χ4n) is 1.45. The Hall–Kier alpha value is -0.620. The second-order valence-corrected chi connectivity index (χ2v) is 4.28. The first-order valence-electron chi connectivity index (χ1n) is 4.57. The smallest absolute Gasteiger partial charge is 0.335 e. The van der Waals surface area contributed by atoms with Crippen LogP contribution in [-0.2, 0) is 23.8 Å². The number of methoxy groups -OCH3 is 1. The van der Waals surface area contributed by atoms with Crippen LogP contribution in [0.25, 0.3) is 0 Å². The number of rotatable bonds is 2. The third-order valence-electron chi connectivity index (χ3n) is 2.03. The van der Waals surface area contributed by atoms with Crippen LogP contribution in [-0.4, -0.2) is 36.3 Å². The lowest BCUT2D eigenvalue weighted by molar-refractivity contribution is -0.170. The summed E-state index contributed by atoms with van der Waals surface area (Å²) in [7, 11) is 1.30. The maximum absolute atomic E-state index is 11.2. The SMILES string of the molecule is COC(=O)[C@@H]1CC(OC(C)=O)CC(Br)O1. The minimum Gasteiger partial charge on any atom is -0.467 e. The number of halogens is 1. The fourth-order valence-corrected chi connectivity index (χ4v) is 2.12. The summed E-state index contributed by atoms with van der Waals surface area (Å²) in [5.41, 5.74) is 0. The zero-order valence-electron chi connectivity index (χ0n) is 8.57. The molecule has 1 aliphatic heterocycles. The monoisotopic (exact) mass is 280 g/mol. The van der Waals surface area contributed by atoms with Crippen LogP contribution in [0.4, 0.5) is 0 Å². The van der Waals surface area contributed by atoms with Crippen molar-refractivity contribution < 1.29 is 23.8 Å². The summed E-state index contributed by atoms with van der Waals surface area (Å²) in [5.74, 6) is -0.804. The van der Waals surface area contributed by atoms with E-state index >= 15 is 0 Å². The Balaban J connectivity index is 2.55. The molecule has 86 valence electrons. The summed E-state index contributed by atoms with van der Waals surface area (Å²) >= 11 is 3.24. The van der Waals surface area contributed by atoms with E-state index < -0.39 is 12.1 Å². The molecular formula is C9H13BrO5. The van der Waals surface area contributed by atoms with Crippen LogP contribution in [0.5, 0.6) is 0 Å². The standard InChI is InChI=1S/C9H13BrO5/c1-5(11)14-6-3-7(9(12)13-2)15-8(10)4-6/h6-8H,3-4H2,1-2H3/t6?,7-,8?/m0/s1. The summed E-state index contributed by atoms with van der Waals surface area (Å²) in [5, 5.41) is -0.292. The van der Waals surface area contributed by atoms with E-state index in [1.807, 2.05) is 0 Å². The summed E-state index contributed by atoms with van der Waals surface area (Å²) in [4.78, 5) is 22.0. The maximum atomic E-state index is 11.2. The molecule has 0 aromatic rings. The Morgan fingerprint density at radius 3 is 2.60 bits per heavy atom. The highest BCUT2D eigenvalue weighted by Crippen LogP contribution is 2.26. The molecular weight excluding hydrogens is 268 g/mol. The Morgan fingerprint density at radius 2 is 2.07 bits per heavy atom. The third kappa shape index (κ3) is 3.79. The second-order valence-electron chi connectivity index (χ2n) is 3.26. The van der Waals surface area contributed by atoms with Gasteiger partial charge in [-0.25, -0.2) is 4.79 Å². The number of carbonyl (C=O) groups excluding carboxylic acids is 2. The lowest BCUT2D eigenvalue weighted by atomic mass is 10.1. The highest BCUT2D eigenvalue weighted by Gasteiger charge is 2.34. The first kappa shape index (κ1) is 12.4. The second kappa shape index (κ2) is 5.46. The van der Waals surface area contributed by atoms with Gasteiger partial charge in [-0.1, -0.05) is 15.9 Å². The summed E-state index contributed by atoms with van der Waals surface area (Å²) in [6.45, 7) is 1.34. The van der Waals surface area contributed by atoms with Gasteiger partial charge < -0.3 is 14.2 Å². The van der Waals surface area contributed by atoms with Crippen molar-refractivity contribution in [2.45, 2.75) is 37.0 Å². The molecule has 1 aliphatic rings. The molecule has 15 heavy (non-hydrogen) atoms. The first-order chi connectivity index (χ1) is 7.02. The zero-order chi connectivity index (χ0) is 11.4. The van der Waals surface area contributed by atoms with E-state index in [1.54, 1.807) is 0 Å². The van der Waals surface area contributed by atoms with Crippen LogP contribution >= 0.6 is 15.9 Å². The van der Waals surface area contributed by atoms with Crippen molar-refractivity contribution in [3.05, 3.63) is 0 Å². The summed E-state index contributed by atoms with van der Waals surface area (Å²) in [6.07, 6.45) is -0.0938. The molecule has 0 radical (unpaired) electrons. The van der Waals surface area contributed by atoms with Crippen molar-refractivity contribution in [1.29, 1.82) is 0 Å². The molecule has 1 rings (SSSR count). The van der Waals surface area contributed by atoms with Gasteiger partial charge in [-0.3, -0.25) is 4.79 Å². The minimum atomic E-state index is -0.669. The number of esters is 2. The van der Waals surface area contributed by atoms with E-state index in [0.29, 0.717) is 12.8 Å². The molecule has 0 N–H and O–H groups in total. The van der Waals surface area contributed by atoms with Gasteiger partial charge in [0.25, 0.3) is 0 Å². The Labute approximate surface area is 96.2 Å². The topological polar surface area (TPSA) is 61.8 Å². The Morgan fingerprint density at radius 1 is 1.40 bits per heavy atom. The van der Waals surface area contributed by atoms with E-state index in [2.05, 4.69) is 20.7 Å². The molecule has 0 spiro atoms. The average Bonchev–Trinajstić information content (AvgIpc) is 2.14. The molecule has 1 fully saturated rings. The van der Waals surface area contributed by atoms with E-state index in [9.17, 15) is 9.59 Å². The van der Waals surface area contributed by atoms with Gasteiger partial charge in [-0.05, 0) is 0 Å². The largest absolute Gasteiger partial charge is 0.467 e. The van der Waals surface area contributed by atoms with Gasteiger partial charge in [0.2, 0.25) is 0 Å². The zero-order valence-corrected chi connectivity index (χ0v) is 10.2.